The summed E-state index contributed by atoms with van der Waals surface area (Å²) in [4.78, 5) is 10.6. The largest absolute Gasteiger partial charge is 0.272 e. The summed E-state index contributed by atoms with van der Waals surface area (Å²) in [5.41, 5.74) is -1.70. The minimum Gasteiger partial charge on any atom is -0.272 e. The molecule has 7 heteroatoms. The van der Waals surface area contributed by atoms with Gasteiger partial charge in [-0.25, -0.2) is 13.2 Å². The zero-order valence-electron chi connectivity index (χ0n) is 8.25. The molecule has 0 unspecified atom stereocenters. The van der Waals surface area contributed by atoms with E-state index in [1.165, 1.54) is 0 Å². The summed E-state index contributed by atoms with van der Waals surface area (Å²) in [6.07, 6.45) is 0. The zero-order chi connectivity index (χ0) is 12.6. The van der Waals surface area contributed by atoms with Crippen molar-refractivity contribution in [2.45, 2.75) is 13.8 Å². The molecule has 0 saturated heterocycles. The molecule has 0 spiro atoms. The van der Waals surface area contributed by atoms with E-state index in [0.717, 1.165) is 13.8 Å². The molecule has 88 valence electrons. The number of rotatable bonds is 1. The van der Waals surface area contributed by atoms with Gasteiger partial charge in [-0.1, -0.05) is 4.48 Å². The van der Waals surface area contributed by atoms with Crippen LogP contribution in [0.3, 0.4) is 0 Å². The van der Waals surface area contributed by atoms with Crippen LogP contribution in [0.2, 0.25) is 0 Å². The number of amides is 1. The number of nitrogens with zero attached hydrogens (tertiary/aromatic N) is 1. The van der Waals surface area contributed by atoms with Crippen molar-refractivity contribution in [2.75, 3.05) is 5.12 Å². The molecule has 0 aliphatic carbocycles. The normalized spacial score (nSPS) is 10.4. The lowest BCUT2D eigenvalue weighted by Gasteiger charge is -2.14. The summed E-state index contributed by atoms with van der Waals surface area (Å²) in [5, 5.41) is -0.780. The fourth-order valence-corrected chi connectivity index (χ4v) is 1.42. The summed E-state index contributed by atoms with van der Waals surface area (Å²) in [5.74, 6) is -5.77. The van der Waals surface area contributed by atoms with E-state index in [4.69, 9.17) is 0 Å². The van der Waals surface area contributed by atoms with Crippen LogP contribution >= 0.6 is 15.9 Å². The fraction of sp³-hybridized carbons (Fsp3) is 0.222. The molecule has 0 fully saturated rings. The first kappa shape index (κ1) is 13.0. The van der Waals surface area contributed by atoms with Crippen LogP contribution in [0.5, 0.6) is 0 Å². The second-order valence-electron chi connectivity index (χ2n) is 3.03. The standard InChI is InChI=1S/C9H6BrF4NO/c1-3-5(10)7(12)9(8(13)6(3)11)15(14)4(2)16/h1-2H3. The van der Waals surface area contributed by atoms with Crippen LogP contribution in [-0.4, -0.2) is 5.91 Å². The average molecular weight is 300 g/mol. The van der Waals surface area contributed by atoms with Crippen LogP contribution in [0.4, 0.5) is 23.3 Å². The van der Waals surface area contributed by atoms with Crippen molar-refractivity contribution in [1.29, 1.82) is 0 Å². The van der Waals surface area contributed by atoms with Crippen molar-refractivity contribution in [3.63, 3.8) is 0 Å². The van der Waals surface area contributed by atoms with Crippen LogP contribution < -0.4 is 5.12 Å². The van der Waals surface area contributed by atoms with Gasteiger partial charge >= 0.3 is 0 Å². The molecule has 1 rings (SSSR count). The lowest BCUT2D eigenvalue weighted by Crippen LogP contribution is -2.21. The monoisotopic (exact) mass is 299 g/mol. The number of anilines is 1. The Morgan fingerprint density at radius 2 is 1.69 bits per heavy atom. The summed E-state index contributed by atoms with van der Waals surface area (Å²) in [6.45, 7) is 1.87. The predicted molar refractivity (Wildman–Crippen MR) is 53.0 cm³/mol. The molecule has 0 aromatic heterocycles. The molecule has 0 bridgehead atoms. The first-order valence-electron chi connectivity index (χ1n) is 4.08. The van der Waals surface area contributed by atoms with Gasteiger partial charge < -0.3 is 0 Å². The highest BCUT2D eigenvalue weighted by atomic mass is 79.9. The van der Waals surface area contributed by atoms with Crippen LogP contribution in [-0.2, 0) is 4.79 Å². The first-order chi connectivity index (χ1) is 7.29. The number of carbonyl (C=O) groups excluding carboxylic acids is 1. The summed E-state index contributed by atoms with van der Waals surface area (Å²) in [7, 11) is 0. The van der Waals surface area contributed by atoms with E-state index in [-0.39, 0.29) is 5.56 Å². The van der Waals surface area contributed by atoms with Gasteiger partial charge in [0.05, 0.1) is 4.47 Å². The van der Waals surface area contributed by atoms with Gasteiger partial charge in [-0.15, -0.1) is 5.12 Å². The summed E-state index contributed by atoms with van der Waals surface area (Å²) in [6, 6.07) is 0. The zero-order valence-corrected chi connectivity index (χ0v) is 9.83. The van der Waals surface area contributed by atoms with Crippen molar-refractivity contribution < 1.29 is 22.4 Å². The maximum Gasteiger partial charge on any atom is 0.252 e. The lowest BCUT2D eigenvalue weighted by molar-refractivity contribution is -0.119. The second kappa shape index (κ2) is 4.40. The second-order valence-corrected chi connectivity index (χ2v) is 3.82. The Morgan fingerprint density at radius 3 is 2.12 bits per heavy atom. The van der Waals surface area contributed by atoms with Crippen LogP contribution in [0.25, 0.3) is 0 Å². The highest BCUT2D eigenvalue weighted by Crippen LogP contribution is 2.34. The number of hydrogen-bond acceptors (Lipinski definition) is 1. The Balaban J connectivity index is 3.57. The van der Waals surface area contributed by atoms with Crippen molar-refractivity contribution in [3.05, 3.63) is 27.5 Å². The molecule has 0 atom stereocenters. The van der Waals surface area contributed by atoms with Gasteiger partial charge in [0, 0.05) is 12.5 Å². The Morgan fingerprint density at radius 1 is 1.19 bits per heavy atom. The van der Waals surface area contributed by atoms with Crippen LogP contribution in [0, 0.1) is 24.4 Å². The van der Waals surface area contributed by atoms with E-state index in [9.17, 15) is 22.4 Å². The van der Waals surface area contributed by atoms with Crippen molar-refractivity contribution >= 4 is 27.5 Å². The Hall–Kier alpha value is -1.11. The molecular weight excluding hydrogens is 294 g/mol. The Bertz CT molecular complexity index is 434. The van der Waals surface area contributed by atoms with E-state index in [1.807, 2.05) is 0 Å². The third kappa shape index (κ3) is 1.91. The van der Waals surface area contributed by atoms with Gasteiger partial charge in [-0.3, -0.25) is 4.79 Å². The number of benzene rings is 1. The van der Waals surface area contributed by atoms with E-state index in [1.54, 1.807) is 0 Å². The van der Waals surface area contributed by atoms with E-state index < -0.39 is 38.6 Å². The molecule has 0 saturated carbocycles. The molecular formula is C9H6BrF4NO. The van der Waals surface area contributed by atoms with Gasteiger partial charge in [0.2, 0.25) is 0 Å². The van der Waals surface area contributed by atoms with E-state index >= 15 is 0 Å². The smallest absolute Gasteiger partial charge is 0.252 e. The van der Waals surface area contributed by atoms with Gasteiger partial charge in [0.25, 0.3) is 5.91 Å². The minimum atomic E-state index is -1.74. The Kier molecular flexibility index (Phi) is 3.57. The molecule has 1 aromatic rings. The minimum absolute atomic E-state index is 0.337. The molecule has 2 nitrogen and oxygen atoms in total. The summed E-state index contributed by atoms with van der Waals surface area (Å²) >= 11 is 2.65. The third-order valence-corrected chi connectivity index (χ3v) is 2.88. The molecule has 0 aliphatic heterocycles. The molecule has 16 heavy (non-hydrogen) atoms. The number of hydrogen-bond donors (Lipinski definition) is 0. The maximum atomic E-state index is 13.4. The van der Waals surface area contributed by atoms with Crippen LogP contribution in [0.1, 0.15) is 12.5 Å². The maximum absolute atomic E-state index is 13.4. The fourth-order valence-electron chi connectivity index (χ4n) is 1.06. The molecule has 0 N–H and O–H groups in total. The lowest BCUT2D eigenvalue weighted by atomic mass is 10.2. The molecule has 0 radical (unpaired) electrons. The van der Waals surface area contributed by atoms with Gasteiger partial charge in [-0.2, -0.15) is 0 Å². The molecule has 0 heterocycles. The number of halogens is 5. The predicted octanol–water partition coefficient (Wildman–Crippen LogP) is 3.41. The highest BCUT2D eigenvalue weighted by Gasteiger charge is 2.27. The topological polar surface area (TPSA) is 20.3 Å². The molecule has 1 aromatic carbocycles. The van der Waals surface area contributed by atoms with E-state index in [0.29, 0.717) is 0 Å². The first-order valence-corrected chi connectivity index (χ1v) is 4.87. The van der Waals surface area contributed by atoms with Crippen molar-refractivity contribution in [1.82, 2.24) is 0 Å². The highest BCUT2D eigenvalue weighted by molar-refractivity contribution is 9.10. The number of carbonyl (C=O) groups is 1. The van der Waals surface area contributed by atoms with Gasteiger partial charge in [0.15, 0.2) is 23.1 Å². The molecule has 1 amide bonds. The van der Waals surface area contributed by atoms with Crippen LogP contribution in [0.15, 0.2) is 4.47 Å². The van der Waals surface area contributed by atoms with Gasteiger partial charge in [0.1, 0.15) is 0 Å². The Labute approximate surface area is 96.9 Å². The third-order valence-electron chi connectivity index (χ3n) is 1.93. The quantitative estimate of drug-likeness (QED) is 0.442. The SMILES string of the molecule is CC(=O)N(F)c1c(F)c(F)c(C)c(Br)c1F. The molecule has 0 aliphatic rings. The van der Waals surface area contributed by atoms with Gasteiger partial charge in [-0.05, 0) is 22.9 Å². The van der Waals surface area contributed by atoms with Crippen molar-refractivity contribution in [2.24, 2.45) is 0 Å². The average Bonchev–Trinajstić information content (AvgIpc) is 2.23. The summed E-state index contributed by atoms with van der Waals surface area (Å²) < 4.78 is 52.5. The van der Waals surface area contributed by atoms with Crippen molar-refractivity contribution in [3.8, 4) is 0 Å². The van der Waals surface area contributed by atoms with E-state index in [2.05, 4.69) is 15.9 Å².